The standard InChI is InChI=1S/C8H9N3/c1-2-7-6-11-5-3-4-9-8(11)10-7/h3-6H,2H2,1H3. The molecule has 2 heterocycles. The molecule has 0 aliphatic carbocycles. The van der Waals surface area contributed by atoms with Gasteiger partial charge in [-0.05, 0) is 12.5 Å². The minimum absolute atomic E-state index is 0.782. The summed E-state index contributed by atoms with van der Waals surface area (Å²) in [4.78, 5) is 8.38. The Morgan fingerprint density at radius 2 is 2.45 bits per heavy atom. The third kappa shape index (κ3) is 0.981. The second-order valence-corrected chi connectivity index (χ2v) is 2.41. The van der Waals surface area contributed by atoms with Gasteiger partial charge in [0.15, 0.2) is 0 Å². The number of nitrogens with zero attached hydrogens (tertiary/aromatic N) is 3. The van der Waals surface area contributed by atoms with E-state index < -0.39 is 0 Å². The second kappa shape index (κ2) is 2.34. The van der Waals surface area contributed by atoms with Crippen LogP contribution < -0.4 is 0 Å². The zero-order chi connectivity index (χ0) is 7.68. The van der Waals surface area contributed by atoms with Crippen LogP contribution in [0.3, 0.4) is 0 Å². The first kappa shape index (κ1) is 6.34. The van der Waals surface area contributed by atoms with E-state index in [0.29, 0.717) is 0 Å². The van der Waals surface area contributed by atoms with Gasteiger partial charge < -0.3 is 0 Å². The highest BCUT2D eigenvalue weighted by atomic mass is 15.1. The van der Waals surface area contributed by atoms with Gasteiger partial charge in [-0.3, -0.25) is 4.40 Å². The van der Waals surface area contributed by atoms with Crippen LogP contribution in [0.1, 0.15) is 12.6 Å². The van der Waals surface area contributed by atoms with Crippen LogP contribution in [0.5, 0.6) is 0 Å². The van der Waals surface area contributed by atoms with Crippen LogP contribution >= 0.6 is 0 Å². The smallest absolute Gasteiger partial charge is 0.233 e. The molecule has 2 aromatic rings. The molecule has 0 aromatic carbocycles. The lowest BCUT2D eigenvalue weighted by atomic mass is 10.4. The van der Waals surface area contributed by atoms with Crippen molar-refractivity contribution in [3.05, 3.63) is 30.4 Å². The molecule has 0 spiro atoms. The Labute approximate surface area is 64.7 Å². The Morgan fingerprint density at radius 3 is 3.18 bits per heavy atom. The van der Waals surface area contributed by atoms with Gasteiger partial charge >= 0.3 is 0 Å². The molecule has 0 atom stereocenters. The molecule has 0 aliphatic rings. The molecule has 3 nitrogen and oxygen atoms in total. The van der Waals surface area contributed by atoms with Gasteiger partial charge in [0, 0.05) is 18.6 Å². The molecule has 11 heavy (non-hydrogen) atoms. The molecular formula is C8H9N3. The Kier molecular flexibility index (Phi) is 1.35. The first-order chi connectivity index (χ1) is 5.40. The molecule has 0 N–H and O–H groups in total. The number of aryl methyl sites for hydroxylation is 1. The van der Waals surface area contributed by atoms with Crippen molar-refractivity contribution in [1.29, 1.82) is 0 Å². The third-order valence-corrected chi connectivity index (χ3v) is 1.65. The minimum atomic E-state index is 0.782. The molecule has 0 radical (unpaired) electrons. The van der Waals surface area contributed by atoms with Crippen molar-refractivity contribution in [3.8, 4) is 0 Å². The summed E-state index contributed by atoms with van der Waals surface area (Å²) in [5.41, 5.74) is 1.09. The maximum atomic E-state index is 4.28. The van der Waals surface area contributed by atoms with Crippen molar-refractivity contribution in [3.63, 3.8) is 0 Å². The predicted molar refractivity (Wildman–Crippen MR) is 42.4 cm³/mol. The predicted octanol–water partition coefficient (Wildman–Crippen LogP) is 1.29. The molecule has 0 saturated heterocycles. The molecule has 2 rings (SSSR count). The van der Waals surface area contributed by atoms with Crippen LogP contribution in [0.4, 0.5) is 0 Å². The largest absolute Gasteiger partial charge is 0.291 e. The van der Waals surface area contributed by atoms with E-state index in [1.165, 1.54) is 0 Å². The van der Waals surface area contributed by atoms with Gasteiger partial charge in [0.1, 0.15) is 0 Å². The fourth-order valence-electron chi connectivity index (χ4n) is 1.05. The van der Waals surface area contributed by atoms with Gasteiger partial charge in [-0.2, -0.15) is 0 Å². The average Bonchev–Trinajstić information content (AvgIpc) is 2.46. The summed E-state index contributed by atoms with van der Waals surface area (Å²) >= 11 is 0. The number of aromatic nitrogens is 3. The summed E-state index contributed by atoms with van der Waals surface area (Å²) in [6, 6.07) is 1.90. The van der Waals surface area contributed by atoms with E-state index in [4.69, 9.17) is 0 Å². The van der Waals surface area contributed by atoms with E-state index in [2.05, 4.69) is 16.9 Å². The maximum Gasteiger partial charge on any atom is 0.233 e. The van der Waals surface area contributed by atoms with Crippen LogP contribution in [0, 0.1) is 0 Å². The zero-order valence-corrected chi connectivity index (χ0v) is 6.36. The maximum absolute atomic E-state index is 4.28. The molecule has 56 valence electrons. The van der Waals surface area contributed by atoms with E-state index in [0.717, 1.165) is 17.9 Å². The summed E-state index contributed by atoms with van der Waals surface area (Å²) in [5, 5.41) is 0. The second-order valence-electron chi connectivity index (χ2n) is 2.41. The van der Waals surface area contributed by atoms with Crippen molar-refractivity contribution >= 4 is 5.78 Å². The summed E-state index contributed by atoms with van der Waals surface area (Å²) in [6.45, 7) is 2.09. The molecule has 0 amide bonds. The van der Waals surface area contributed by atoms with Gasteiger partial charge in [0.25, 0.3) is 0 Å². The highest BCUT2D eigenvalue weighted by Gasteiger charge is 1.97. The zero-order valence-electron chi connectivity index (χ0n) is 6.36. The molecule has 3 heteroatoms. The molecule has 2 aromatic heterocycles. The first-order valence-corrected chi connectivity index (χ1v) is 3.69. The lowest BCUT2D eigenvalue weighted by molar-refractivity contribution is 1.07. The summed E-state index contributed by atoms with van der Waals surface area (Å²) in [5.74, 6) is 0.782. The first-order valence-electron chi connectivity index (χ1n) is 3.69. The van der Waals surface area contributed by atoms with Gasteiger partial charge in [-0.1, -0.05) is 6.92 Å². The summed E-state index contributed by atoms with van der Waals surface area (Å²) < 4.78 is 1.93. The van der Waals surface area contributed by atoms with Crippen molar-refractivity contribution in [2.75, 3.05) is 0 Å². The van der Waals surface area contributed by atoms with Crippen molar-refractivity contribution < 1.29 is 0 Å². The van der Waals surface area contributed by atoms with E-state index >= 15 is 0 Å². The van der Waals surface area contributed by atoms with Crippen LogP contribution in [-0.4, -0.2) is 14.4 Å². The molecule has 0 aliphatic heterocycles. The normalized spacial score (nSPS) is 10.6. The third-order valence-electron chi connectivity index (χ3n) is 1.65. The fourth-order valence-corrected chi connectivity index (χ4v) is 1.05. The number of hydrogen-bond donors (Lipinski definition) is 0. The molecule has 0 fully saturated rings. The monoisotopic (exact) mass is 147 g/mol. The summed E-state index contributed by atoms with van der Waals surface area (Å²) in [6.07, 6.45) is 6.67. The van der Waals surface area contributed by atoms with Crippen molar-refractivity contribution in [2.45, 2.75) is 13.3 Å². The highest BCUT2D eigenvalue weighted by Crippen LogP contribution is 2.01. The highest BCUT2D eigenvalue weighted by molar-refractivity contribution is 5.29. The molecule has 0 saturated carbocycles. The van der Waals surface area contributed by atoms with E-state index in [-0.39, 0.29) is 0 Å². The SMILES string of the molecule is CCc1cn2cccnc2n1. The van der Waals surface area contributed by atoms with Crippen LogP contribution in [-0.2, 0) is 6.42 Å². The molecular weight excluding hydrogens is 138 g/mol. The van der Waals surface area contributed by atoms with Crippen LogP contribution in [0.2, 0.25) is 0 Å². The Hall–Kier alpha value is -1.38. The topological polar surface area (TPSA) is 30.2 Å². The van der Waals surface area contributed by atoms with Crippen molar-refractivity contribution in [1.82, 2.24) is 14.4 Å². The van der Waals surface area contributed by atoms with E-state index in [1.807, 2.05) is 22.9 Å². The quantitative estimate of drug-likeness (QED) is 0.608. The van der Waals surface area contributed by atoms with Crippen LogP contribution in [0.25, 0.3) is 5.78 Å². The number of hydrogen-bond acceptors (Lipinski definition) is 2. The Morgan fingerprint density at radius 1 is 1.55 bits per heavy atom. The lowest BCUT2D eigenvalue weighted by Crippen LogP contribution is -1.83. The Bertz CT molecular complexity index is 331. The Balaban J connectivity index is 2.69. The average molecular weight is 147 g/mol. The summed E-state index contributed by atoms with van der Waals surface area (Å²) in [7, 11) is 0. The minimum Gasteiger partial charge on any atom is -0.291 e. The fraction of sp³-hybridized carbons (Fsp3) is 0.250. The molecule has 0 unspecified atom stereocenters. The number of imidazole rings is 1. The lowest BCUT2D eigenvalue weighted by Gasteiger charge is -1.85. The van der Waals surface area contributed by atoms with E-state index in [1.54, 1.807) is 6.20 Å². The van der Waals surface area contributed by atoms with E-state index in [9.17, 15) is 0 Å². The van der Waals surface area contributed by atoms with Gasteiger partial charge in [-0.25, -0.2) is 9.97 Å². The van der Waals surface area contributed by atoms with Gasteiger partial charge in [0.2, 0.25) is 5.78 Å². The van der Waals surface area contributed by atoms with Gasteiger partial charge in [-0.15, -0.1) is 0 Å². The number of fused-ring (bicyclic) bond motifs is 1. The molecule has 0 bridgehead atoms. The van der Waals surface area contributed by atoms with Crippen molar-refractivity contribution in [2.24, 2.45) is 0 Å². The number of rotatable bonds is 1. The van der Waals surface area contributed by atoms with Gasteiger partial charge in [0.05, 0.1) is 5.69 Å². The van der Waals surface area contributed by atoms with Crippen LogP contribution in [0.15, 0.2) is 24.7 Å².